The zero-order valence-corrected chi connectivity index (χ0v) is 13.4. The Labute approximate surface area is 142 Å². The number of aromatic nitrogens is 7. The zero-order valence-electron chi connectivity index (χ0n) is 13.4. The molecule has 0 saturated carbocycles. The van der Waals surface area contributed by atoms with E-state index in [1.807, 2.05) is 60.3 Å². The van der Waals surface area contributed by atoms with Gasteiger partial charge in [0.2, 0.25) is 0 Å². The molecule has 0 saturated heterocycles. The molecule has 0 atom stereocenters. The molecule has 0 spiro atoms. The molecule has 0 aliphatic carbocycles. The summed E-state index contributed by atoms with van der Waals surface area (Å²) in [6, 6.07) is 13.8. The minimum Gasteiger partial charge on any atom is -0.327 e. The van der Waals surface area contributed by atoms with E-state index in [1.54, 1.807) is 17.1 Å². The number of rotatable bonds is 2. The highest BCUT2D eigenvalue weighted by Crippen LogP contribution is 2.25. The molecule has 0 aliphatic rings. The van der Waals surface area contributed by atoms with Gasteiger partial charge >= 0.3 is 0 Å². The number of hydrogen-bond donors (Lipinski definition) is 0. The van der Waals surface area contributed by atoms with Crippen LogP contribution in [0.1, 0.15) is 0 Å². The standard InChI is InChI=1S/C18H13N7/c1-24-15-8-3-2-6-13(15)16-17(24)21-18(23-22-16)25-11-12(10-20-25)14-7-4-5-9-19-14/h2-11H,1H3. The minimum absolute atomic E-state index is 0.431. The molecular formula is C18H13N7. The monoisotopic (exact) mass is 327 g/mol. The van der Waals surface area contributed by atoms with Crippen LogP contribution in [-0.4, -0.2) is 34.5 Å². The third-order valence-corrected chi connectivity index (χ3v) is 4.24. The quantitative estimate of drug-likeness (QED) is 0.498. The summed E-state index contributed by atoms with van der Waals surface area (Å²) >= 11 is 0. The lowest BCUT2D eigenvalue weighted by Gasteiger charge is -2.00. The largest absolute Gasteiger partial charge is 0.327 e. The molecule has 7 nitrogen and oxygen atoms in total. The average Bonchev–Trinajstić information content (AvgIpc) is 3.27. The van der Waals surface area contributed by atoms with Gasteiger partial charge in [0.1, 0.15) is 5.52 Å². The molecule has 0 aliphatic heterocycles. The lowest BCUT2D eigenvalue weighted by Crippen LogP contribution is -2.04. The summed E-state index contributed by atoms with van der Waals surface area (Å²) in [5.74, 6) is 0.431. The highest BCUT2D eigenvalue weighted by Gasteiger charge is 2.13. The molecule has 0 N–H and O–H groups in total. The third-order valence-electron chi connectivity index (χ3n) is 4.24. The van der Waals surface area contributed by atoms with Gasteiger partial charge in [-0.1, -0.05) is 24.3 Å². The number of pyridine rings is 1. The summed E-state index contributed by atoms with van der Waals surface area (Å²) in [6.07, 6.45) is 5.36. The maximum Gasteiger partial charge on any atom is 0.272 e. The van der Waals surface area contributed by atoms with Gasteiger partial charge in [0, 0.05) is 30.4 Å². The Bertz CT molecular complexity index is 1200. The van der Waals surface area contributed by atoms with Crippen molar-refractivity contribution in [3.8, 4) is 17.2 Å². The molecule has 0 bridgehead atoms. The zero-order chi connectivity index (χ0) is 16.8. The van der Waals surface area contributed by atoms with Crippen molar-refractivity contribution < 1.29 is 0 Å². The average molecular weight is 327 g/mol. The van der Waals surface area contributed by atoms with Gasteiger partial charge in [0.05, 0.1) is 17.4 Å². The van der Waals surface area contributed by atoms with Crippen LogP contribution in [-0.2, 0) is 7.05 Å². The first kappa shape index (κ1) is 13.8. The fraction of sp³-hybridized carbons (Fsp3) is 0.0556. The van der Waals surface area contributed by atoms with Crippen molar-refractivity contribution in [1.82, 2.24) is 34.5 Å². The summed E-state index contributed by atoms with van der Waals surface area (Å²) in [7, 11) is 1.98. The first-order chi connectivity index (χ1) is 12.3. The van der Waals surface area contributed by atoms with Gasteiger partial charge in [-0.3, -0.25) is 4.98 Å². The van der Waals surface area contributed by atoms with Crippen molar-refractivity contribution in [3.05, 3.63) is 61.1 Å². The smallest absolute Gasteiger partial charge is 0.272 e. The van der Waals surface area contributed by atoms with Crippen molar-refractivity contribution in [1.29, 1.82) is 0 Å². The van der Waals surface area contributed by atoms with Crippen LogP contribution in [0.25, 0.3) is 39.3 Å². The van der Waals surface area contributed by atoms with Crippen LogP contribution in [0, 0.1) is 0 Å². The van der Waals surface area contributed by atoms with Gasteiger partial charge in [0.25, 0.3) is 5.95 Å². The Morgan fingerprint density at radius 3 is 2.72 bits per heavy atom. The van der Waals surface area contributed by atoms with E-state index < -0.39 is 0 Å². The number of aryl methyl sites for hydroxylation is 1. The Balaban J connectivity index is 1.65. The molecule has 0 fully saturated rings. The van der Waals surface area contributed by atoms with Crippen molar-refractivity contribution in [2.45, 2.75) is 0 Å². The molecular weight excluding hydrogens is 314 g/mol. The predicted molar refractivity (Wildman–Crippen MR) is 94.2 cm³/mol. The van der Waals surface area contributed by atoms with Gasteiger partial charge in [-0.05, 0) is 18.2 Å². The summed E-state index contributed by atoms with van der Waals surface area (Å²) in [4.78, 5) is 8.99. The summed E-state index contributed by atoms with van der Waals surface area (Å²) in [5, 5.41) is 14.0. The van der Waals surface area contributed by atoms with E-state index in [4.69, 9.17) is 0 Å². The molecule has 4 heterocycles. The predicted octanol–water partition coefficient (Wildman–Crippen LogP) is 2.76. The van der Waals surface area contributed by atoms with Gasteiger partial charge in [-0.2, -0.15) is 10.1 Å². The maximum atomic E-state index is 4.66. The lowest BCUT2D eigenvalue weighted by molar-refractivity contribution is 0.781. The molecule has 7 heteroatoms. The van der Waals surface area contributed by atoms with Gasteiger partial charge in [-0.25, -0.2) is 4.68 Å². The molecule has 0 unspecified atom stereocenters. The van der Waals surface area contributed by atoms with E-state index in [2.05, 4.69) is 25.3 Å². The van der Waals surface area contributed by atoms with Crippen molar-refractivity contribution in [2.75, 3.05) is 0 Å². The van der Waals surface area contributed by atoms with Crippen molar-refractivity contribution in [2.24, 2.45) is 7.05 Å². The van der Waals surface area contributed by atoms with Gasteiger partial charge < -0.3 is 4.57 Å². The van der Waals surface area contributed by atoms with E-state index in [9.17, 15) is 0 Å². The second-order valence-electron chi connectivity index (χ2n) is 5.75. The van der Waals surface area contributed by atoms with Crippen molar-refractivity contribution in [3.63, 3.8) is 0 Å². The van der Waals surface area contributed by atoms with Crippen LogP contribution < -0.4 is 0 Å². The normalized spacial score (nSPS) is 11.4. The first-order valence-electron chi connectivity index (χ1n) is 7.85. The maximum absolute atomic E-state index is 4.66. The van der Waals surface area contributed by atoms with Gasteiger partial charge in [-0.15, -0.1) is 10.2 Å². The molecule has 25 heavy (non-hydrogen) atoms. The Kier molecular flexibility index (Phi) is 2.87. The molecule has 0 radical (unpaired) electrons. The fourth-order valence-corrected chi connectivity index (χ4v) is 2.99. The molecule has 0 amide bonds. The summed E-state index contributed by atoms with van der Waals surface area (Å²) in [6.45, 7) is 0. The van der Waals surface area contributed by atoms with E-state index in [1.165, 1.54) is 0 Å². The summed E-state index contributed by atoms with van der Waals surface area (Å²) in [5.41, 5.74) is 4.40. The van der Waals surface area contributed by atoms with Crippen LogP contribution in [0.5, 0.6) is 0 Å². The van der Waals surface area contributed by atoms with E-state index in [0.29, 0.717) is 5.95 Å². The molecule has 4 aromatic heterocycles. The number of hydrogen-bond acceptors (Lipinski definition) is 5. The number of para-hydroxylation sites is 1. The van der Waals surface area contributed by atoms with E-state index in [0.717, 1.165) is 33.3 Å². The first-order valence-corrected chi connectivity index (χ1v) is 7.85. The Morgan fingerprint density at radius 2 is 1.84 bits per heavy atom. The number of fused-ring (bicyclic) bond motifs is 3. The Hall–Kier alpha value is -3.61. The highest BCUT2D eigenvalue weighted by molar-refractivity contribution is 6.03. The second kappa shape index (κ2) is 5.20. The van der Waals surface area contributed by atoms with Crippen LogP contribution in [0.2, 0.25) is 0 Å². The van der Waals surface area contributed by atoms with Crippen LogP contribution >= 0.6 is 0 Å². The fourth-order valence-electron chi connectivity index (χ4n) is 2.99. The van der Waals surface area contributed by atoms with Gasteiger partial charge in [0.15, 0.2) is 5.65 Å². The molecule has 120 valence electrons. The number of benzene rings is 1. The molecule has 1 aromatic carbocycles. The topological polar surface area (TPSA) is 74.3 Å². The SMILES string of the molecule is Cn1c2ccccc2c2nnc(-n3cc(-c4ccccn4)cn3)nc21. The van der Waals surface area contributed by atoms with E-state index in [-0.39, 0.29) is 0 Å². The third kappa shape index (κ3) is 2.09. The van der Waals surface area contributed by atoms with Crippen molar-refractivity contribution >= 4 is 22.1 Å². The summed E-state index contributed by atoms with van der Waals surface area (Å²) < 4.78 is 3.64. The number of nitrogens with zero attached hydrogens (tertiary/aromatic N) is 7. The lowest BCUT2D eigenvalue weighted by atomic mass is 10.2. The minimum atomic E-state index is 0.431. The van der Waals surface area contributed by atoms with Crippen LogP contribution in [0.3, 0.4) is 0 Å². The highest BCUT2D eigenvalue weighted by atomic mass is 15.4. The Morgan fingerprint density at radius 1 is 0.960 bits per heavy atom. The van der Waals surface area contributed by atoms with Crippen LogP contribution in [0.15, 0.2) is 61.1 Å². The van der Waals surface area contributed by atoms with Crippen LogP contribution in [0.4, 0.5) is 0 Å². The molecule has 5 rings (SSSR count). The van der Waals surface area contributed by atoms with E-state index >= 15 is 0 Å². The molecule has 5 aromatic rings. The second-order valence-corrected chi connectivity index (χ2v) is 5.75.